The zero-order valence-corrected chi connectivity index (χ0v) is 10.5. The Morgan fingerprint density at radius 1 is 1.50 bits per heavy atom. The van der Waals surface area contributed by atoms with Gasteiger partial charge in [0.2, 0.25) is 5.91 Å². The average Bonchev–Trinajstić information content (AvgIpc) is 2.81. The molecule has 1 fully saturated rings. The Kier molecular flexibility index (Phi) is 4.30. The lowest BCUT2D eigenvalue weighted by atomic mass is 10.0. The monoisotopic (exact) mass is 248 g/mol. The van der Waals surface area contributed by atoms with Crippen molar-refractivity contribution in [2.45, 2.75) is 19.0 Å². The van der Waals surface area contributed by atoms with Crippen LogP contribution in [0.5, 0.6) is 0 Å². The van der Waals surface area contributed by atoms with E-state index in [1.807, 2.05) is 30.3 Å². The number of hydrogen-bond donors (Lipinski definition) is 4. The SMILES string of the molecule is CC1NNCC1CNC(=O)[C@@H](N)c1ccccc1. The molecule has 0 saturated carbocycles. The van der Waals surface area contributed by atoms with E-state index in [1.165, 1.54) is 0 Å². The minimum absolute atomic E-state index is 0.125. The van der Waals surface area contributed by atoms with Gasteiger partial charge in [0, 0.05) is 25.0 Å². The molecule has 0 spiro atoms. The van der Waals surface area contributed by atoms with Crippen molar-refractivity contribution in [3.63, 3.8) is 0 Å². The van der Waals surface area contributed by atoms with Gasteiger partial charge in [-0.3, -0.25) is 15.6 Å². The third-order valence-corrected chi connectivity index (χ3v) is 3.38. The fraction of sp³-hybridized carbons (Fsp3) is 0.462. The molecule has 3 atom stereocenters. The summed E-state index contributed by atoms with van der Waals surface area (Å²) in [5.41, 5.74) is 12.9. The topological polar surface area (TPSA) is 79.2 Å². The molecular weight excluding hydrogens is 228 g/mol. The Bertz CT molecular complexity index is 395. The minimum atomic E-state index is -0.594. The molecule has 0 aliphatic carbocycles. The summed E-state index contributed by atoms with van der Waals surface area (Å²) in [6.07, 6.45) is 0. The third-order valence-electron chi connectivity index (χ3n) is 3.38. The lowest BCUT2D eigenvalue weighted by molar-refractivity contribution is -0.122. The number of rotatable bonds is 4. The van der Waals surface area contributed by atoms with E-state index >= 15 is 0 Å². The zero-order valence-electron chi connectivity index (χ0n) is 10.5. The van der Waals surface area contributed by atoms with Gasteiger partial charge >= 0.3 is 0 Å². The van der Waals surface area contributed by atoms with E-state index in [2.05, 4.69) is 23.1 Å². The van der Waals surface area contributed by atoms with Gasteiger partial charge < -0.3 is 11.1 Å². The number of benzene rings is 1. The van der Waals surface area contributed by atoms with Crippen molar-refractivity contribution in [1.29, 1.82) is 0 Å². The average molecular weight is 248 g/mol. The fourth-order valence-corrected chi connectivity index (χ4v) is 2.05. The maximum atomic E-state index is 11.9. The molecule has 1 aromatic carbocycles. The second-order valence-corrected chi connectivity index (χ2v) is 4.71. The largest absolute Gasteiger partial charge is 0.354 e. The smallest absolute Gasteiger partial charge is 0.241 e. The summed E-state index contributed by atoms with van der Waals surface area (Å²) in [5, 5.41) is 2.91. The lowest BCUT2D eigenvalue weighted by Gasteiger charge is -2.17. The Labute approximate surface area is 107 Å². The predicted molar refractivity (Wildman–Crippen MR) is 70.5 cm³/mol. The molecule has 0 aromatic heterocycles. The van der Waals surface area contributed by atoms with E-state index in [0.717, 1.165) is 12.1 Å². The third kappa shape index (κ3) is 3.07. The van der Waals surface area contributed by atoms with Crippen LogP contribution in [0, 0.1) is 5.92 Å². The van der Waals surface area contributed by atoms with Crippen molar-refractivity contribution in [2.24, 2.45) is 11.7 Å². The van der Waals surface area contributed by atoms with Crippen LogP contribution in [0.3, 0.4) is 0 Å². The first kappa shape index (κ1) is 13.0. The van der Waals surface area contributed by atoms with Gasteiger partial charge in [0.15, 0.2) is 0 Å². The van der Waals surface area contributed by atoms with Gasteiger partial charge in [-0.05, 0) is 12.5 Å². The molecule has 0 bridgehead atoms. The van der Waals surface area contributed by atoms with Gasteiger partial charge in [0.25, 0.3) is 0 Å². The van der Waals surface area contributed by atoms with Crippen LogP contribution in [0.15, 0.2) is 30.3 Å². The molecule has 1 saturated heterocycles. The Morgan fingerprint density at radius 2 is 2.22 bits per heavy atom. The number of amides is 1. The van der Waals surface area contributed by atoms with Crippen LogP contribution in [0.2, 0.25) is 0 Å². The van der Waals surface area contributed by atoms with Gasteiger partial charge in [0.05, 0.1) is 0 Å². The number of carbonyl (C=O) groups is 1. The number of hydrogen-bond acceptors (Lipinski definition) is 4. The van der Waals surface area contributed by atoms with Gasteiger partial charge in [-0.1, -0.05) is 30.3 Å². The number of carbonyl (C=O) groups excluding carboxylic acids is 1. The molecule has 1 amide bonds. The van der Waals surface area contributed by atoms with Crippen LogP contribution < -0.4 is 21.9 Å². The van der Waals surface area contributed by atoms with Gasteiger partial charge in [-0.2, -0.15) is 0 Å². The second-order valence-electron chi connectivity index (χ2n) is 4.71. The quantitative estimate of drug-likeness (QED) is 0.601. The Hall–Kier alpha value is -1.43. The lowest BCUT2D eigenvalue weighted by Crippen LogP contribution is -2.39. The molecule has 5 heteroatoms. The molecule has 2 unspecified atom stereocenters. The molecule has 18 heavy (non-hydrogen) atoms. The summed E-state index contributed by atoms with van der Waals surface area (Å²) in [6, 6.07) is 9.18. The van der Waals surface area contributed by atoms with Crippen LogP contribution in [0.25, 0.3) is 0 Å². The molecule has 1 aliphatic heterocycles. The van der Waals surface area contributed by atoms with E-state index in [0.29, 0.717) is 18.5 Å². The van der Waals surface area contributed by atoms with Gasteiger partial charge in [-0.25, -0.2) is 0 Å². The summed E-state index contributed by atoms with van der Waals surface area (Å²) in [5.74, 6) is 0.275. The standard InChI is InChI=1S/C13H20N4O/c1-9-11(8-16-17-9)7-15-13(18)12(14)10-5-3-2-4-6-10/h2-6,9,11-12,16-17H,7-8,14H2,1H3,(H,15,18)/t9?,11?,12-/m0/s1. The van der Waals surface area contributed by atoms with Crippen LogP contribution >= 0.6 is 0 Å². The van der Waals surface area contributed by atoms with E-state index in [9.17, 15) is 4.79 Å². The van der Waals surface area contributed by atoms with Crippen LogP contribution in [-0.2, 0) is 4.79 Å². The van der Waals surface area contributed by atoms with Crippen molar-refractivity contribution in [3.8, 4) is 0 Å². The van der Waals surface area contributed by atoms with Gasteiger partial charge in [-0.15, -0.1) is 0 Å². The molecule has 5 N–H and O–H groups in total. The highest BCUT2D eigenvalue weighted by Gasteiger charge is 2.24. The van der Waals surface area contributed by atoms with Crippen molar-refractivity contribution >= 4 is 5.91 Å². The number of nitrogens with one attached hydrogen (secondary N) is 3. The summed E-state index contributed by atoms with van der Waals surface area (Å²) in [4.78, 5) is 11.9. The van der Waals surface area contributed by atoms with Crippen molar-refractivity contribution in [2.75, 3.05) is 13.1 Å². The molecule has 1 aliphatic rings. The van der Waals surface area contributed by atoms with Gasteiger partial charge in [0.1, 0.15) is 6.04 Å². The van der Waals surface area contributed by atoms with Crippen LogP contribution in [0.4, 0.5) is 0 Å². The summed E-state index contributed by atoms with van der Waals surface area (Å²) in [6.45, 7) is 3.59. The van der Waals surface area contributed by atoms with E-state index in [-0.39, 0.29) is 5.91 Å². The molecule has 2 rings (SSSR count). The normalized spacial score (nSPS) is 24.8. The molecule has 1 heterocycles. The van der Waals surface area contributed by atoms with Crippen molar-refractivity contribution < 1.29 is 4.79 Å². The number of nitrogens with two attached hydrogens (primary N) is 1. The first-order valence-electron chi connectivity index (χ1n) is 6.25. The highest BCUT2D eigenvalue weighted by atomic mass is 16.2. The molecule has 1 aromatic rings. The summed E-state index contributed by atoms with van der Waals surface area (Å²) < 4.78 is 0. The zero-order chi connectivity index (χ0) is 13.0. The highest BCUT2D eigenvalue weighted by Crippen LogP contribution is 2.10. The molecule has 5 nitrogen and oxygen atoms in total. The minimum Gasteiger partial charge on any atom is -0.354 e. The molecular formula is C13H20N4O. The maximum Gasteiger partial charge on any atom is 0.241 e. The van der Waals surface area contributed by atoms with E-state index < -0.39 is 6.04 Å². The molecule has 98 valence electrons. The van der Waals surface area contributed by atoms with E-state index in [1.54, 1.807) is 0 Å². The maximum absolute atomic E-state index is 11.9. The Morgan fingerprint density at radius 3 is 2.83 bits per heavy atom. The van der Waals surface area contributed by atoms with Crippen LogP contribution in [0.1, 0.15) is 18.5 Å². The first-order valence-corrected chi connectivity index (χ1v) is 6.25. The van der Waals surface area contributed by atoms with Crippen molar-refractivity contribution in [3.05, 3.63) is 35.9 Å². The second kappa shape index (κ2) is 5.95. The number of hydrazine groups is 1. The van der Waals surface area contributed by atoms with E-state index in [4.69, 9.17) is 5.73 Å². The highest BCUT2D eigenvalue weighted by molar-refractivity contribution is 5.82. The Balaban J connectivity index is 1.84. The summed E-state index contributed by atoms with van der Waals surface area (Å²) in [7, 11) is 0. The predicted octanol–water partition coefficient (Wildman–Crippen LogP) is -0.0849. The van der Waals surface area contributed by atoms with Crippen LogP contribution in [-0.4, -0.2) is 25.0 Å². The summed E-state index contributed by atoms with van der Waals surface area (Å²) >= 11 is 0. The first-order chi connectivity index (χ1) is 8.68. The fourth-order valence-electron chi connectivity index (χ4n) is 2.05. The molecule has 0 radical (unpaired) electrons. The van der Waals surface area contributed by atoms with Crippen molar-refractivity contribution in [1.82, 2.24) is 16.2 Å².